The van der Waals surface area contributed by atoms with Gasteiger partial charge in [0.05, 0.1) is 6.33 Å². The summed E-state index contributed by atoms with van der Waals surface area (Å²) in [5.41, 5.74) is 0. The summed E-state index contributed by atoms with van der Waals surface area (Å²) in [5, 5.41) is 9.28. The number of aromatic nitrogens is 5. The second-order valence-corrected chi connectivity index (χ2v) is 3.52. The Bertz CT molecular complexity index is 475. The van der Waals surface area contributed by atoms with Gasteiger partial charge in [0.2, 0.25) is 5.82 Å². The standard InChI is InChI=1S/C10H14N6O/c1-2-8-13-9(15-14-8)10(17)12-4-6-16-5-3-11-7-16/h3,5,7H,2,4,6H2,1H3,(H,12,17)(H,13,14,15). The molecule has 0 bridgehead atoms. The van der Waals surface area contributed by atoms with Gasteiger partial charge in [0, 0.05) is 31.9 Å². The van der Waals surface area contributed by atoms with Gasteiger partial charge in [-0.15, -0.1) is 5.10 Å². The van der Waals surface area contributed by atoms with E-state index in [0.29, 0.717) is 18.9 Å². The molecule has 2 rings (SSSR count). The quantitative estimate of drug-likeness (QED) is 0.761. The van der Waals surface area contributed by atoms with Gasteiger partial charge in [-0.3, -0.25) is 9.89 Å². The second-order valence-electron chi connectivity index (χ2n) is 3.52. The third-order valence-corrected chi connectivity index (χ3v) is 2.28. The van der Waals surface area contributed by atoms with Crippen LogP contribution in [0.25, 0.3) is 0 Å². The topological polar surface area (TPSA) is 88.5 Å². The molecule has 0 aliphatic rings. The first-order chi connectivity index (χ1) is 8.29. The molecular weight excluding hydrogens is 220 g/mol. The Balaban J connectivity index is 1.81. The summed E-state index contributed by atoms with van der Waals surface area (Å²) < 4.78 is 1.88. The molecule has 0 radical (unpaired) electrons. The number of imidazole rings is 1. The number of H-pyrrole nitrogens is 1. The Kier molecular flexibility index (Phi) is 3.49. The molecule has 1 amide bonds. The van der Waals surface area contributed by atoms with Crippen LogP contribution in [0.4, 0.5) is 0 Å². The van der Waals surface area contributed by atoms with Crippen molar-refractivity contribution in [2.45, 2.75) is 19.9 Å². The van der Waals surface area contributed by atoms with E-state index in [0.717, 1.165) is 6.42 Å². The number of hydrogen-bond acceptors (Lipinski definition) is 4. The molecule has 90 valence electrons. The lowest BCUT2D eigenvalue weighted by molar-refractivity contribution is 0.0942. The van der Waals surface area contributed by atoms with Crippen LogP contribution in [-0.2, 0) is 13.0 Å². The van der Waals surface area contributed by atoms with E-state index in [9.17, 15) is 4.79 Å². The molecule has 2 heterocycles. The van der Waals surface area contributed by atoms with E-state index in [-0.39, 0.29) is 11.7 Å². The number of amides is 1. The molecule has 2 N–H and O–H groups in total. The van der Waals surface area contributed by atoms with Crippen molar-refractivity contribution in [1.82, 2.24) is 30.0 Å². The minimum absolute atomic E-state index is 0.187. The van der Waals surface area contributed by atoms with Crippen molar-refractivity contribution in [2.24, 2.45) is 0 Å². The molecular formula is C10H14N6O. The number of nitrogens with one attached hydrogen (secondary N) is 2. The van der Waals surface area contributed by atoms with Crippen molar-refractivity contribution in [1.29, 1.82) is 0 Å². The van der Waals surface area contributed by atoms with Gasteiger partial charge in [0.15, 0.2) is 0 Å². The van der Waals surface area contributed by atoms with Gasteiger partial charge in [0.1, 0.15) is 5.82 Å². The van der Waals surface area contributed by atoms with Crippen molar-refractivity contribution >= 4 is 5.91 Å². The second kappa shape index (κ2) is 5.24. The van der Waals surface area contributed by atoms with E-state index in [1.54, 1.807) is 12.5 Å². The molecule has 0 saturated heterocycles. The number of rotatable bonds is 5. The zero-order chi connectivity index (χ0) is 12.1. The number of aromatic amines is 1. The van der Waals surface area contributed by atoms with Gasteiger partial charge < -0.3 is 9.88 Å². The first-order valence-corrected chi connectivity index (χ1v) is 5.45. The average molecular weight is 234 g/mol. The predicted molar refractivity (Wildman–Crippen MR) is 60.3 cm³/mol. The van der Waals surface area contributed by atoms with E-state index in [1.807, 2.05) is 17.7 Å². The van der Waals surface area contributed by atoms with E-state index in [1.165, 1.54) is 0 Å². The maximum absolute atomic E-state index is 11.6. The van der Waals surface area contributed by atoms with E-state index >= 15 is 0 Å². The van der Waals surface area contributed by atoms with Crippen LogP contribution < -0.4 is 5.32 Å². The van der Waals surface area contributed by atoms with E-state index < -0.39 is 0 Å². The SMILES string of the molecule is CCc1nc(C(=O)NCCn2ccnc2)n[nH]1. The summed E-state index contributed by atoms with van der Waals surface area (Å²) >= 11 is 0. The van der Waals surface area contributed by atoms with Gasteiger partial charge in [0.25, 0.3) is 5.91 Å². The fourth-order valence-electron chi connectivity index (χ4n) is 1.35. The molecule has 2 aromatic rings. The van der Waals surface area contributed by atoms with Crippen molar-refractivity contribution in [3.8, 4) is 0 Å². The summed E-state index contributed by atoms with van der Waals surface area (Å²) in [5.74, 6) is 0.637. The zero-order valence-electron chi connectivity index (χ0n) is 9.55. The third-order valence-electron chi connectivity index (χ3n) is 2.28. The Hall–Kier alpha value is -2.18. The maximum Gasteiger partial charge on any atom is 0.291 e. The molecule has 2 aromatic heterocycles. The van der Waals surface area contributed by atoms with Gasteiger partial charge in [-0.2, -0.15) is 0 Å². The highest BCUT2D eigenvalue weighted by molar-refractivity contribution is 5.90. The van der Waals surface area contributed by atoms with Crippen molar-refractivity contribution < 1.29 is 4.79 Å². The summed E-state index contributed by atoms with van der Waals surface area (Å²) in [6.45, 7) is 3.14. The molecule has 7 nitrogen and oxygen atoms in total. The lowest BCUT2D eigenvalue weighted by Gasteiger charge is -2.02. The zero-order valence-corrected chi connectivity index (χ0v) is 9.55. The number of nitrogens with zero attached hydrogens (tertiary/aromatic N) is 4. The molecule has 0 aromatic carbocycles. The van der Waals surface area contributed by atoms with Crippen LogP contribution in [0.2, 0.25) is 0 Å². The minimum Gasteiger partial charge on any atom is -0.347 e. The first-order valence-electron chi connectivity index (χ1n) is 5.45. The largest absolute Gasteiger partial charge is 0.347 e. The fraction of sp³-hybridized carbons (Fsp3) is 0.400. The average Bonchev–Trinajstić information content (AvgIpc) is 2.99. The van der Waals surface area contributed by atoms with Crippen molar-refractivity contribution in [3.05, 3.63) is 30.4 Å². The number of aryl methyl sites for hydroxylation is 1. The smallest absolute Gasteiger partial charge is 0.291 e. The van der Waals surface area contributed by atoms with E-state index in [2.05, 4.69) is 25.5 Å². The first kappa shape index (κ1) is 11.3. The summed E-state index contributed by atoms with van der Waals surface area (Å²) in [6.07, 6.45) is 5.97. The normalized spacial score (nSPS) is 10.4. The molecule has 0 fully saturated rings. The minimum atomic E-state index is -0.263. The van der Waals surface area contributed by atoms with Gasteiger partial charge in [-0.05, 0) is 0 Å². The number of carbonyl (C=O) groups is 1. The van der Waals surface area contributed by atoms with Gasteiger partial charge >= 0.3 is 0 Å². The van der Waals surface area contributed by atoms with Gasteiger partial charge in [-0.1, -0.05) is 6.92 Å². The fourth-order valence-corrected chi connectivity index (χ4v) is 1.35. The number of hydrogen-bond donors (Lipinski definition) is 2. The van der Waals surface area contributed by atoms with Gasteiger partial charge in [-0.25, -0.2) is 9.97 Å². The molecule has 0 saturated carbocycles. The van der Waals surface area contributed by atoms with Crippen LogP contribution in [-0.4, -0.2) is 37.2 Å². The Morgan fingerprint density at radius 1 is 1.59 bits per heavy atom. The Labute approximate surface area is 98.3 Å². The lowest BCUT2D eigenvalue weighted by atomic mass is 10.4. The van der Waals surface area contributed by atoms with Crippen LogP contribution in [0.15, 0.2) is 18.7 Å². The molecule has 17 heavy (non-hydrogen) atoms. The molecule has 7 heteroatoms. The molecule has 0 aliphatic carbocycles. The Morgan fingerprint density at radius 2 is 2.47 bits per heavy atom. The Morgan fingerprint density at radius 3 is 3.12 bits per heavy atom. The molecule has 0 aliphatic heterocycles. The summed E-state index contributed by atoms with van der Waals surface area (Å²) in [6, 6.07) is 0. The maximum atomic E-state index is 11.6. The molecule has 0 spiro atoms. The molecule has 0 unspecified atom stereocenters. The van der Waals surface area contributed by atoms with Crippen LogP contribution in [0.3, 0.4) is 0 Å². The van der Waals surface area contributed by atoms with Crippen LogP contribution in [0.5, 0.6) is 0 Å². The highest BCUT2D eigenvalue weighted by atomic mass is 16.2. The van der Waals surface area contributed by atoms with Crippen molar-refractivity contribution in [3.63, 3.8) is 0 Å². The highest BCUT2D eigenvalue weighted by Gasteiger charge is 2.10. The highest BCUT2D eigenvalue weighted by Crippen LogP contribution is 1.93. The monoisotopic (exact) mass is 234 g/mol. The predicted octanol–water partition coefficient (Wildman–Crippen LogP) is -0.00640. The number of carbonyl (C=O) groups excluding carboxylic acids is 1. The summed E-state index contributed by atoms with van der Waals surface area (Å²) in [7, 11) is 0. The van der Waals surface area contributed by atoms with Crippen LogP contribution in [0.1, 0.15) is 23.4 Å². The molecule has 0 atom stereocenters. The van der Waals surface area contributed by atoms with E-state index in [4.69, 9.17) is 0 Å². The van der Waals surface area contributed by atoms with Crippen LogP contribution >= 0.6 is 0 Å². The van der Waals surface area contributed by atoms with Crippen molar-refractivity contribution in [2.75, 3.05) is 6.54 Å². The third kappa shape index (κ3) is 2.90. The lowest BCUT2D eigenvalue weighted by Crippen LogP contribution is -2.27. The summed E-state index contributed by atoms with van der Waals surface area (Å²) in [4.78, 5) is 19.6. The van der Waals surface area contributed by atoms with Crippen LogP contribution in [0, 0.1) is 0 Å².